The fourth-order valence-electron chi connectivity index (χ4n) is 2.18. The molecule has 0 spiro atoms. The molecule has 102 valence electrons. The molecule has 0 saturated heterocycles. The number of hydrogen-bond acceptors (Lipinski definition) is 2. The van der Waals surface area contributed by atoms with Crippen LogP contribution in [0.3, 0.4) is 0 Å². The second-order valence-corrected chi connectivity index (χ2v) is 5.38. The van der Waals surface area contributed by atoms with Crippen LogP contribution in [0.1, 0.15) is 36.2 Å². The zero-order chi connectivity index (χ0) is 14.0. The molecular formula is C15H20ClN3. The highest BCUT2D eigenvalue weighted by molar-refractivity contribution is 6.31. The van der Waals surface area contributed by atoms with E-state index in [0.717, 1.165) is 12.1 Å². The van der Waals surface area contributed by atoms with Gasteiger partial charge in [0, 0.05) is 12.2 Å². The monoisotopic (exact) mass is 277 g/mol. The summed E-state index contributed by atoms with van der Waals surface area (Å²) >= 11 is 6.11. The van der Waals surface area contributed by atoms with Crippen molar-refractivity contribution in [2.24, 2.45) is 5.73 Å². The Morgan fingerprint density at radius 1 is 1.26 bits per heavy atom. The van der Waals surface area contributed by atoms with E-state index in [1.807, 2.05) is 17.8 Å². The molecule has 0 radical (unpaired) electrons. The molecule has 0 amide bonds. The van der Waals surface area contributed by atoms with Gasteiger partial charge in [-0.3, -0.25) is 4.68 Å². The van der Waals surface area contributed by atoms with Crippen LogP contribution >= 0.6 is 11.6 Å². The fourth-order valence-corrected chi connectivity index (χ4v) is 2.32. The number of nitrogens with zero attached hydrogens (tertiary/aromatic N) is 2. The second-order valence-electron chi connectivity index (χ2n) is 4.97. The first-order valence-corrected chi connectivity index (χ1v) is 6.94. The molecule has 4 heteroatoms. The van der Waals surface area contributed by atoms with Crippen molar-refractivity contribution in [3.05, 3.63) is 52.3 Å². The van der Waals surface area contributed by atoms with Gasteiger partial charge in [0.2, 0.25) is 0 Å². The standard InChI is InChI=1S/C15H20ClN3/c1-4-14(17)15(12-7-5-10(2)6-8-12)19-9-13(16)11(3)18-19/h5-9,14-15H,4,17H2,1-3H3. The third-order valence-electron chi connectivity index (χ3n) is 3.44. The van der Waals surface area contributed by atoms with Gasteiger partial charge in [-0.15, -0.1) is 0 Å². The molecule has 0 fully saturated rings. The van der Waals surface area contributed by atoms with E-state index in [0.29, 0.717) is 5.02 Å². The average Bonchev–Trinajstić information content (AvgIpc) is 2.71. The summed E-state index contributed by atoms with van der Waals surface area (Å²) in [6.45, 7) is 6.07. The Bertz CT molecular complexity index is 526. The molecule has 2 aromatic rings. The van der Waals surface area contributed by atoms with Crippen molar-refractivity contribution in [2.75, 3.05) is 0 Å². The van der Waals surface area contributed by atoms with Gasteiger partial charge in [0.1, 0.15) is 0 Å². The van der Waals surface area contributed by atoms with E-state index in [1.165, 1.54) is 11.1 Å². The van der Waals surface area contributed by atoms with E-state index in [9.17, 15) is 0 Å². The van der Waals surface area contributed by atoms with Crippen LogP contribution in [0.25, 0.3) is 0 Å². The summed E-state index contributed by atoms with van der Waals surface area (Å²) in [6.07, 6.45) is 2.74. The van der Waals surface area contributed by atoms with Gasteiger partial charge in [-0.05, 0) is 25.8 Å². The molecule has 0 aliphatic heterocycles. The highest BCUT2D eigenvalue weighted by atomic mass is 35.5. The Labute approximate surface area is 119 Å². The van der Waals surface area contributed by atoms with Crippen molar-refractivity contribution < 1.29 is 0 Å². The van der Waals surface area contributed by atoms with Gasteiger partial charge in [0.25, 0.3) is 0 Å². The summed E-state index contributed by atoms with van der Waals surface area (Å²) in [5.74, 6) is 0. The topological polar surface area (TPSA) is 43.8 Å². The van der Waals surface area contributed by atoms with Gasteiger partial charge in [0.15, 0.2) is 0 Å². The number of hydrogen-bond donors (Lipinski definition) is 1. The highest BCUT2D eigenvalue weighted by Gasteiger charge is 2.22. The number of benzene rings is 1. The lowest BCUT2D eigenvalue weighted by Crippen LogP contribution is -2.32. The molecule has 1 aromatic heterocycles. The molecule has 19 heavy (non-hydrogen) atoms. The minimum atomic E-state index is 0.0121. The molecular weight excluding hydrogens is 258 g/mol. The Balaban J connectivity index is 2.44. The van der Waals surface area contributed by atoms with Gasteiger partial charge in [-0.2, -0.15) is 5.10 Å². The predicted molar refractivity (Wildman–Crippen MR) is 79.6 cm³/mol. The molecule has 3 nitrogen and oxygen atoms in total. The maximum Gasteiger partial charge on any atom is 0.0919 e. The van der Waals surface area contributed by atoms with Crippen LogP contribution in [0.2, 0.25) is 5.02 Å². The fraction of sp³-hybridized carbons (Fsp3) is 0.400. The van der Waals surface area contributed by atoms with Crippen LogP contribution in [0, 0.1) is 13.8 Å². The molecule has 0 aliphatic carbocycles. The van der Waals surface area contributed by atoms with Crippen molar-refractivity contribution in [2.45, 2.75) is 39.3 Å². The number of aryl methyl sites for hydroxylation is 2. The Morgan fingerprint density at radius 2 is 1.89 bits per heavy atom. The molecule has 1 aromatic carbocycles. The highest BCUT2D eigenvalue weighted by Crippen LogP contribution is 2.25. The molecule has 2 N–H and O–H groups in total. The maximum atomic E-state index is 6.27. The van der Waals surface area contributed by atoms with Crippen LogP contribution in [0.15, 0.2) is 30.5 Å². The van der Waals surface area contributed by atoms with Crippen LogP contribution in [-0.4, -0.2) is 15.8 Å². The third-order valence-corrected chi connectivity index (χ3v) is 3.81. The average molecular weight is 278 g/mol. The Morgan fingerprint density at radius 3 is 2.37 bits per heavy atom. The van der Waals surface area contributed by atoms with Crippen molar-refractivity contribution in [1.82, 2.24) is 9.78 Å². The minimum Gasteiger partial charge on any atom is -0.326 e. The summed E-state index contributed by atoms with van der Waals surface area (Å²) in [5.41, 5.74) is 9.51. The SMILES string of the molecule is CCC(N)C(c1ccc(C)cc1)n1cc(Cl)c(C)n1. The largest absolute Gasteiger partial charge is 0.326 e. The van der Waals surface area contributed by atoms with Gasteiger partial charge < -0.3 is 5.73 Å². The zero-order valence-electron chi connectivity index (χ0n) is 11.6. The Hall–Kier alpha value is -1.32. The summed E-state index contributed by atoms with van der Waals surface area (Å²) in [7, 11) is 0. The summed E-state index contributed by atoms with van der Waals surface area (Å²) in [4.78, 5) is 0. The number of nitrogens with two attached hydrogens (primary N) is 1. The molecule has 0 bridgehead atoms. The lowest BCUT2D eigenvalue weighted by molar-refractivity contribution is 0.422. The summed E-state index contributed by atoms with van der Waals surface area (Å²) in [6, 6.07) is 8.46. The first-order chi connectivity index (χ1) is 9.02. The van der Waals surface area contributed by atoms with Crippen molar-refractivity contribution >= 4 is 11.6 Å². The zero-order valence-corrected chi connectivity index (χ0v) is 12.4. The lowest BCUT2D eigenvalue weighted by atomic mass is 9.97. The lowest BCUT2D eigenvalue weighted by Gasteiger charge is -2.24. The first-order valence-electron chi connectivity index (χ1n) is 6.56. The first kappa shape index (κ1) is 14.1. The van der Waals surface area contributed by atoms with Crippen LogP contribution in [-0.2, 0) is 0 Å². The number of halogens is 1. The second kappa shape index (κ2) is 5.76. The number of rotatable bonds is 4. The molecule has 1 heterocycles. The number of aromatic nitrogens is 2. The molecule has 2 atom stereocenters. The molecule has 0 aliphatic rings. The molecule has 2 unspecified atom stereocenters. The van der Waals surface area contributed by atoms with Crippen molar-refractivity contribution in [3.8, 4) is 0 Å². The summed E-state index contributed by atoms with van der Waals surface area (Å²) in [5, 5.41) is 5.16. The van der Waals surface area contributed by atoms with E-state index in [1.54, 1.807) is 0 Å². The van der Waals surface area contributed by atoms with E-state index in [2.05, 4.69) is 43.2 Å². The van der Waals surface area contributed by atoms with Crippen LogP contribution in [0.4, 0.5) is 0 Å². The van der Waals surface area contributed by atoms with Crippen LogP contribution < -0.4 is 5.73 Å². The predicted octanol–water partition coefficient (Wildman–Crippen LogP) is 3.48. The van der Waals surface area contributed by atoms with Crippen molar-refractivity contribution in [1.29, 1.82) is 0 Å². The Kier molecular flexibility index (Phi) is 4.27. The quantitative estimate of drug-likeness (QED) is 0.930. The maximum absolute atomic E-state index is 6.27. The van der Waals surface area contributed by atoms with E-state index < -0.39 is 0 Å². The van der Waals surface area contributed by atoms with Gasteiger partial charge in [0.05, 0.1) is 16.8 Å². The van der Waals surface area contributed by atoms with E-state index in [4.69, 9.17) is 17.3 Å². The third kappa shape index (κ3) is 2.99. The normalized spacial score (nSPS) is 14.4. The van der Waals surface area contributed by atoms with Gasteiger partial charge in [-0.1, -0.05) is 48.4 Å². The van der Waals surface area contributed by atoms with Crippen LogP contribution in [0.5, 0.6) is 0 Å². The van der Waals surface area contributed by atoms with E-state index >= 15 is 0 Å². The molecule has 2 rings (SSSR count). The molecule has 0 saturated carbocycles. The van der Waals surface area contributed by atoms with Gasteiger partial charge in [-0.25, -0.2) is 0 Å². The van der Waals surface area contributed by atoms with E-state index in [-0.39, 0.29) is 12.1 Å². The van der Waals surface area contributed by atoms with Gasteiger partial charge >= 0.3 is 0 Å². The minimum absolute atomic E-state index is 0.0121. The summed E-state index contributed by atoms with van der Waals surface area (Å²) < 4.78 is 1.89. The smallest absolute Gasteiger partial charge is 0.0919 e. The van der Waals surface area contributed by atoms with Crippen molar-refractivity contribution in [3.63, 3.8) is 0 Å².